The molecule has 84 valence electrons. The summed E-state index contributed by atoms with van der Waals surface area (Å²) in [6, 6.07) is 0. The summed E-state index contributed by atoms with van der Waals surface area (Å²) in [6.07, 6.45) is 0. The molecule has 0 aliphatic carbocycles. The highest BCUT2D eigenvalue weighted by Gasteiger charge is 2.14. The predicted molar refractivity (Wildman–Crippen MR) is 59.5 cm³/mol. The van der Waals surface area contributed by atoms with Gasteiger partial charge in [0.2, 0.25) is 0 Å². The van der Waals surface area contributed by atoms with Crippen LogP contribution in [0.4, 0.5) is 0 Å². The second-order valence-corrected chi connectivity index (χ2v) is 3.78. The molecule has 0 amide bonds. The van der Waals surface area contributed by atoms with Gasteiger partial charge in [-0.3, -0.25) is 19.0 Å². The molecule has 2 heterocycles. The molecule has 0 atom stereocenters. The Kier molecular flexibility index (Phi) is 2.15. The maximum absolute atomic E-state index is 12.0. The SMILES string of the molecule is Cc1nnc(C)c2c(=O)n(C)n(C)c(=O)c12. The van der Waals surface area contributed by atoms with Crippen LogP contribution in [0.1, 0.15) is 11.4 Å². The summed E-state index contributed by atoms with van der Waals surface area (Å²) in [4.78, 5) is 24.0. The summed E-state index contributed by atoms with van der Waals surface area (Å²) >= 11 is 0. The Morgan fingerprint density at radius 2 is 1.12 bits per heavy atom. The third kappa shape index (κ3) is 1.19. The molecule has 0 aromatic carbocycles. The van der Waals surface area contributed by atoms with Crippen LogP contribution in [0.2, 0.25) is 0 Å². The van der Waals surface area contributed by atoms with Gasteiger partial charge in [-0.15, -0.1) is 0 Å². The van der Waals surface area contributed by atoms with Crippen molar-refractivity contribution in [1.82, 2.24) is 19.6 Å². The zero-order valence-electron chi connectivity index (χ0n) is 9.61. The van der Waals surface area contributed by atoms with Crippen molar-refractivity contribution >= 4 is 10.8 Å². The van der Waals surface area contributed by atoms with Crippen LogP contribution in [0.25, 0.3) is 10.8 Å². The second kappa shape index (κ2) is 3.26. The molecular formula is C10H12N4O2. The van der Waals surface area contributed by atoms with Gasteiger partial charge >= 0.3 is 0 Å². The van der Waals surface area contributed by atoms with Crippen molar-refractivity contribution < 1.29 is 0 Å². The van der Waals surface area contributed by atoms with E-state index in [2.05, 4.69) is 10.2 Å². The van der Waals surface area contributed by atoms with Crippen LogP contribution in [0.3, 0.4) is 0 Å². The van der Waals surface area contributed by atoms with E-state index in [1.807, 2.05) is 0 Å². The Labute approximate surface area is 91.1 Å². The van der Waals surface area contributed by atoms with Crippen molar-refractivity contribution in [2.24, 2.45) is 14.1 Å². The normalized spacial score (nSPS) is 11.0. The Morgan fingerprint density at radius 1 is 0.812 bits per heavy atom. The quantitative estimate of drug-likeness (QED) is 0.608. The lowest BCUT2D eigenvalue weighted by atomic mass is 10.2. The summed E-state index contributed by atoms with van der Waals surface area (Å²) in [5, 5.41) is 8.45. The van der Waals surface area contributed by atoms with Crippen LogP contribution in [0.5, 0.6) is 0 Å². The third-order valence-electron chi connectivity index (χ3n) is 2.79. The van der Waals surface area contributed by atoms with Crippen LogP contribution in [0.15, 0.2) is 9.59 Å². The summed E-state index contributed by atoms with van der Waals surface area (Å²) < 4.78 is 2.55. The van der Waals surface area contributed by atoms with Crippen molar-refractivity contribution in [3.63, 3.8) is 0 Å². The topological polar surface area (TPSA) is 69.8 Å². The molecule has 0 saturated heterocycles. The van der Waals surface area contributed by atoms with Crippen LogP contribution in [-0.4, -0.2) is 19.6 Å². The summed E-state index contributed by atoms with van der Waals surface area (Å²) in [6.45, 7) is 3.35. The number of nitrogens with zero attached hydrogens (tertiary/aromatic N) is 4. The summed E-state index contributed by atoms with van der Waals surface area (Å²) in [5.41, 5.74) is 0.512. The molecule has 0 saturated carbocycles. The lowest BCUT2D eigenvalue weighted by Gasteiger charge is -2.09. The predicted octanol–water partition coefficient (Wildman–Crippen LogP) is -0.356. The number of hydrogen-bond acceptors (Lipinski definition) is 4. The molecule has 0 bridgehead atoms. The highest BCUT2D eigenvalue weighted by Crippen LogP contribution is 2.09. The van der Waals surface area contributed by atoms with Gasteiger partial charge in [-0.25, -0.2) is 0 Å². The first-order chi connectivity index (χ1) is 7.45. The number of fused-ring (bicyclic) bond motifs is 1. The van der Waals surface area contributed by atoms with Crippen molar-refractivity contribution in [2.75, 3.05) is 0 Å². The average Bonchev–Trinajstić information content (AvgIpc) is 2.26. The molecule has 0 fully saturated rings. The van der Waals surface area contributed by atoms with Crippen molar-refractivity contribution in [3.05, 3.63) is 32.1 Å². The second-order valence-electron chi connectivity index (χ2n) is 3.78. The van der Waals surface area contributed by atoms with Gasteiger partial charge in [0.05, 0.1) is 22.2 Å². The molecule has 2 aromatic rings. The molecule has 0 aliphatic heterocycles. The smallest absolute Gasteiger partial charge is 0.267 e. The van der Waals surface area contributed by atoms with Crippen molar-refractivity contribution in [3.8, 4) is 0 Å². The fourth-order valence-electron chi connectivity index (χ4n) is 1.73. The highest BCUT2D eigenvalue weighted by atomic mass is 16.2. The van der Waals surface area contributed by atoms with Gasteiger partial charge in [0, 0.05) is 14.1 Å². The van der Waals surface area contributed by atoms with E-state index >= 15 is 0 Å². The standard InChI is InChI=1S/C10H12N4O2/c1-5-7-8(6(2)12-11-5)10(16)14(4)13(3)9(7)15/h1-4H3. The first kappa shape index (κ1) is 10.5. The van der Waals surface area contributed by atoms with E-state index in [1.54, 1.807) is 27.9 Å². The first-order valence-corrected chi connectivity index (χ1v) is 4.85. The lowest BCUT2D eigenvalue weighted by Crippen LogP contribution is -2.36. The van der Waals surface area contributed by atoms with Crippen molar-refractivity contribution in [2.45, 2.75) is 13.8 Å². The maximum Gasteiger partial charge on any atom is 0.274 e. The summed E-state index contributed by atoms with van der Waals surface area (Å²) in [7, 11) is 3.11. The number of aromatic nitrogens is 4. The number of rotatable bonds is 0. The molecule has 16 heavy (non-hydrogen) atoms. The molecule has 0 spiro atoms. The van der Waals surface area contributed by atoms with E-state index in [1.165, 1.54) is 9.36 Å². The molecule has 2 rings (SSSR count). The van der Waals surface area contributed by atoms with Crippen LogP contribution in [-0.2, 0) is 14.1 Å². The average molecular weight is 220 g/mol. The number of hydrogen-bond donors (Lipinski definition) is 0. The lowest BCUT2D eigenvalue weighted by molar-refractivity contribution is 0.541. The van der Waals surface area contributed by atoms with E-state index in [-0.39, 0.29) is 11.1 Å². The van der Waals surface area contributed by atoms with Crippen LogP contribution >= 0.6 is 0 Å². The van der Waals surface area contributed by atoms with E-state index in [9.17, 15) is 9.59 Å². The van der Waals surface area contributed by atoms with E-state index < -0.39 is 0 Å². The van der Waals surface area contributed by atoms with Gasteiger partial charge in [0.15, 0.2) is 0 Å². The summed E-state index contributed by atoms with van der Waals surface area (Å²) in [5.74, 6) is 0. The van der Waals surface area contributed by atoms with Crippen molar-refractivity contribution in [1.29, 1.82) is 0 Å². The van der Waals surface area contributed by atoms with Crippen LogP contribution < -0.4 is 11.1 Å². The fourth-order valence-corrected chi connectivity index (χ4v) is 1.73. The fraction of sp³-hybridized carbons (Fsp3) is 0.400. The first-order valence-electron chi connectivity index (χ1n) is 4.85. The molecule has 0 N–H and O–H groups in total. The van der Waals surface area contributed by atoms with E-state index in [4.69, 9.17) is 0 Å². The minimum absolute atomic E-state index is 0.229. The van der Waals surface area contributed by atoms with Gasteiger partial charge < -0.3 is 0 Å². The van der Waals surface area contributed by atoms with Gasteiger partial charge in [-0.1, -0.05) is 0 Å². The Morgan fingerprint density at radius 3 is 1.44 bits per heavy atom. The maximum atomic E-state index is 12.0. The third-order valence-corrected chi connectivity index (χ3v) is 2.79. The highest BCUT2D eigenvalue weighted by molar-refractivity contribution is 5.84. The largest absolute Gasteiger partial charge is 0.274 e. The minimum Gasteiger partial charge on any atom is -0.267 e. The number of aryl methyl sites for hydroxylation is 2. The molecule has 0 radical (unpaired) electrons. The van der Waals surface area contributed by atoms with Gasteiger partial charge in [0.25, 0.3) is 11.1 Å². The molecule has 6 heteroatoms. The van der Waals surface area contributed by atoms with Gasteiger partial charge in [0.1, 0.15) is 0 Å². The van der Waals surface area contributed by atoms with E-state index in [0.717, 1.165) is 0 Å². The molecule has 0 aliphatic rings. The van der Waals surface area contributed by atoms with Gasteiger partial charge in [-0.2, -0.15) is 10.2 Å². The monoisotopic (exact) mass is 220 g/mol. The zero-order chi connectivity index (χ0) is 12.0. The molecule has 2 aromatic heterocycles. The minimum atomic E-state index is -0.229. The molecular weight excluding hydrogens is 208 g/mol. The van der Waals surface area contributed by atoms with Gasteiger partial charge in [-0.05, 0) is 13.8 Å². The Balaban J connectivity index is 3.28. The van der Waals surface area contributed by atoms with Crippen LogP contribution in [0, 0.1) is 13.8 Å². The zero-order valence-corrected chi connectivity index (χ0v) is 9.61. The molecule has 0 unspecified atom stereocenters. The van der Waals surface area contributed by atoms with E-state index in [0.29, 0.717) is 22.2 Å². The Bertz CT molecular complexity index is 636. The molecule has 6 nitrogen and oxygen atoms in total. The Hall–Kier alpha value is -1.98.